The van der Waals surface area contributed by atoms with Crippen LogP contribution in [0.15, 0.2) is 82.6 Å². The van der Waals surface area contributed by atoms with Crippen LogP contribution in [0.5, 0.6) is 0 Å². The maximum absolute atomic E-state index is 12.7. The van der Waals surface area contributed by atoms with Crippen molar-refractivity contribution in [2.45, 2.75) is 6.54 Å². The number of aromatic nitrogens is 3. The van der Waals surface area contributed by atoms with E-state index in [0.717, 1.165) is 11.1 Å². The lowest BCUT2D eigenvalue weighted by molar-refractivity contribution is 0.571. The number of rotatable bonds is 4. The Morgan fingerprint density at radius 3 is 2.65 bits per heavy atom. The first kappa shape index (κ1) is 16.3. The molecule has 26 heavy (non-hydrogen) atoms. The average Bonchev–Trinajstić information content (AvgIpc) is 3.13. The van der Waals surface area contributed by atoms with Gasteiger partial charge in [-0.1, -0.05) is 48.0 Å². The predicted molar refractivity (Wildman–Crippen MR) is 100.0 cm³/mol. The van der Waals surface area contributed by atoms with Crippen LogP contribution in [0.3, 0.4) is 0 Å². The lowest BCUT2D eigenvalue weighted by Gasteiger charge is -2.05. The summed E-state index contributed by atoms with van der Waals surface area (Å²) in [5.41, 5.74) is 2.67. The fraction of sp³-hybridized carbons (Fsp3) is 0.0500. The van der Waals surface area contributed by atoms with Gasteiger partial charge in [-0.3, -0.25) is 9.36 Å². The van der Waals surface area contributed by atoms with Crippen LogP contribution >= 0.6 is 11.6 Å². The van der Waals surface area contributed by atoms with Crippen LogP contribution in [0, 0.1) is 0 Å². The van der Waals surface area contributed by atoms with Gasteiger partial charge in [0.05, 0.1) is 24.1 Å². The Balaban J connectivity index is 1.64. The van der Waals surface area contributed by atoms with Crippen LogP contribution < -0.4 is 5.56 Å². The Bertz CT molecular complexity index is 1100. The van der Waals surface area contributed by atoms with Crippen LogP contribution in [0.2, 0.25) is 5.02 Å². The zero-order chi connectivity index (χ0) is 17.9. The molecule has 0 saturated carbocycles. The van der Waals surface area contributed by atoms with Crippen molar-refractivity contribution in [3.05, 3.63) is 94.5 Å². The van der Waals surface area contributed by atoms with Crippen molar-refractivity contribution < 1.29 is 4.42 Å². The van der Waals surface area contributed by atoms with Crippen LogP contribution in [0.4, 0.5) is 0 Å². The summed E-state index contributed by atoms with van der Waals surface area (Å²) in [6.07, 6.45) is 4.62. The second-order valence-electron chi connectivity index (χ2n) is 5.76. The standard InChI is InChI=1S/C20H14ClN3O2/c21-16-8-4-7-15(9-16)19-23-17(12-26-19)11-24-13-22-10-18(20(24)25)14-5-2-1-3-6-14/h1-10,12-13H,11H2. The van der Waals surface area contributed by atoms with Gasteiger partial charge in [0.1, 0.15) is 6.26 Å². The van der Waals surface area contributed by atoms with Crippen LogP contribution in [-0.2, 0) is 6.54 Å². The minimum absolute atomic E-state index is 0.126. The Labute approximate surface area is 154 Å². The van der Waals surface area contributed by atoms with E-state index >= 15 is 0 Å². The van der Waals surface area contributed by atoms with Crippen molar-refractivity contribution in [3.8, 4) is 22.6 Å². The fourth-order valence-corrected chi connectivity index (χ4v) is 2.88. The topological polar surface area (TPSA) is 60.9 Å². The van der Waals surface area contributed by atoms with E-state index < -0.39 is 0 Å². The molecule has 0 saturated heterocycles. The number of nitrogens with zero attached hydrogens (tertiary/aromatic N) is 3. The van der Waals surface area contributed by atoms with E-state index in [1.165, 1.54) is 17.2 Å². The largest absolute Gasteiger partial charge is 0.444 e. The van der Waals surface area contributed by atoms with Crippen molar-refractivity contribution in [1.29, 1.82) is 0 Å². The summed E-state index contributed by atoms with van der Waals surface area (Å²) < 4.78 is 7.04. The van der Waals surface area contributed by atoms with E-state index in [2.05, 4.69) is 9.97 Å². The highest BCUT2D eigenvalue weighted by Crippen LogP contribution is 2.22. The molecule has 0 aliphatic heterocycles. The van der Waals surface area contributed by atoms with Crippen molar-refractivity contribution in [2.24, 2.45) is 0 Å². The zero-order valence-electron chi connectivity index (χ0n) is 13.7. The summed E-state index contributed by atoms with van der Waals surface area (Å²) in [4.78, 5) is 21.4. The maximum Gasteiger partial charge on any atom is 0.261 e. The number of halogens is 1. The molecule has 2 aromatic heterocycles. The summed E-state index contributed by atoms with van der Waals surface area (Å²) in [6, 6.07) is 16.7. The van der Waals surface area contributed by atoms with Gasteiger partial charge in [0, 0.05) is 16.8 Å². The molecule has 0 radical (unpaired) electrons. The molecule has 0 aliphatic carbocycles. The molecule has 6 heteroatoms. The third-order valence-corrected chi connectivity index (χ3v) is 4.18. The Morgan fingerprint density at radius 1 is 1.04 bits per heavy atom. The van der Waals surface area contributed by atoms with Gasteiger partial charge in [0.2, 0.25) is 5.89 Å². The second-order valence-corrected chi connectivity index (χ2v) is 6.20. The minimum atomic E-state index is -0.126. The first-order valence-corrected chi connectivity index (χ1v) is 8.39. The number of hydrogen-bond donors (Lipinski definition) is 0. The van der Waals surface area contributed by atoms with Crippen molar-refractivity contribution in [1.82, 2.24) is 14.5 Å². The summed E-state index contributed by atoms with van der Waals surface area (Å²) in [7, 11) is 0. The summed E-state index contributed by atoms with van der Waals surface area (Å²) in [5, 5.41) is 0.609. The van der Waals surface area contributed by atoms with E-state index in [0.29, 0.717) is 22.2 Å². The van der Waals surface area contributed by atoms with Crippen molar-refractivity contribution in [3.63, 3.8) is 0 Å². The number of hydrogen-bond acceptors (Lipinski definition) is 4. The molecule has 4 aromatic rings. The predicted octanol–water partition coefficient (Wildman–Crippen LogP) is 4.27. The zero-order valence-corrected chi connectivity index (χ0v) is 14.4. The molecule has 4 rings (SSSR count). The first-order valence-electron chi connectivity index (χ1n) is 8.01. The lowest BCUT2D eigenvalue weighted by Crippen LogP contribution is -2.22. The van der Waals surface area contributed by atoms with E-state index in [9.17, 15) is 4.79 Å². The normalized spacial score (nSPS) is 10.8. The second kappa shape index (κ2) is 6.98. The molecular formula is C20H14ClN3O2. The fourth-order valence-electron chi connectivity index (χ4n) is 2.69. The van der Waals surface area contributed by atoms with Gasteiger partial charge in [-0.15, -0.1) is 0 Å². The first-order chi connectivity index (χ1) is 12.7. The van der Waals surface area contributed by atoms with Gasteiger partial charge >= 0.3 is 0 Å². The third-order valence-electron chi connectivity index (χ3n) is 3.94. The Kier molecular flexibility index (Phi) is 4.37. The molecule has 0 fully saturated rings. The summed E-state index contributed by atoms with van der Waals surface area (Å²) >= 11 is 6.00. The number of benzene rings is 2. The van der Waals surface area contributed by atoms with Gasteiger partial charge in [-0.2, -0.15) is 0 Å². The van der Waals surface area contributed by atoms with Gasteiger partial charge in [0.15, 0.2) is 0 Å². The van der Waals surface area contributed by atoms with Crippen LogP contribution in [-0.4, -0.2) is 14.5 Å². The molecule has 0 unspecified atom stereocenters. The van der Waals surface area contributed by atoms with Gasteiger partial charge < -0.3 is 4.42 Å². The van der Waals surface area contributed by atoms with E-state index in [1.54, 1.807) is 18.3 Å². The van der Waals surface area contributed by atoms with Gasteiger partial charge in [-0.25, -0.2) is 9.97 Å². The molecule has 0 amide bonds. The maximum atomic E-state index is 12.7. The summed E-state index contributed by atoms with van der Waals surface area (Å²) in [6.45, 7) is 0.274. The Hall–Kier alpha value is -3.18. The highest BCUT2D eigenvalue weighted by atomic mass is 35.5. The minimum Gasteiger partial charge on any atom is -0.444 e. The molecule has 0 bridgehead atoms. The SMILES string of the molecule is O=c1c(-c2ccccc2)cncn1Cc1coc(-c2cccc(Cl)c2)n1. The molecule has 0 spiro atoms. The van der Waals surface area contributed by atoms with Crippen LogP contribution in [0.25, 0.3) is 22.6 Å². The van der Waals surface area contributed by atoms with E-state index in [1.807, 2.05) is 42.5 Å². The molecule has 5 nitrogen and oxygen atoms in total. The molecule has 0 aliphatic rings. The van der Waals surface area contributed by atoms with E-state index in [4.69, 9.17) is 16.0 Å². The average molecular weight is 364 g/mol. The Morgan fingerprint density at radius 2 is 1.85 bits per heavy atom. The highest BCUT2D eigenvalue weighted by molar-refractivity contribution is 6.30. The van der Waals surface area contributed by atoms with Gasteiger partial charge in [-0.05, 0) is 23.8 Å². The molecule has 0 N–H and O–H groups in total. The third kappa shape index (κ3) is 3.30. The molecule has 2 aromatic carbocycles. The van der Waals surface area contributed by atoms with Gasteiger partial charge in [0.25, 0.3) is 5.56 Å². The summed E-state index contributed by atoms with van der Waals surface area (Å²) in [5.74, 6) is 0.461. The molecule has 0 atom stereocenters. The van der Waals surface area contributed by atoms with Crippen molar-refractivity contribution in [2.75, 3.05) is 0 Å². The van der Waals surface area contributed by atoms with E-state index in [-0.39, 0.29) is 12.1 Å². The molecule has 2 heterocycles. The lowest BCUT2D eigenvalue weighted by atomic mass is 10.1. The number of oxazole rings is 1. The quantitative estimate of drug-likeness (QED) is 0.543. The highest BCUT2D eigenvalue weighted by Gasteiger charge is 2.11. The monoisotopic (exact) mass is 363 g/mol. The smallest absolute Gasteiger partial charge is 0.261 e. The molecular weight excluding hydrogens is 350 g/mol. The van der Waals surface area contributed by atoms with Crippen molar-refractivity contribution >= 4 is 11.6 Å². The van der Waals surface area contributed by atoms with Crippen LogP contribution in [0.1, 0.15) is 5.69 Å². The molecule has 128 valence electrons.